The van der Waals surface area contributed by atoms with Crippen molar-refractivity contribution >= 4 is 27.5 Å². The molecule has 1 aliphatic rings. The van der Waals surface area contributed by atoms with E-state index >= 15 is 0 Å². The third kappa shape index (κ3) is 4.75. The van der Waals surface area contributed by atoms with Crippen LogP contribution in [0.3, 0.4) is 0 Å². The summed E-state index contributed by atoms with van der Waals surface area (Å²) in [6.45, 7) is 4.05. The molecule has 0 spiro atoms. The first kappa shape index (κ1) is 15.3. The first-order valence-corrected chi connectivity index (χ1v) is 8.14. The number of hydrogen-bond acceptors (Lipinski definition) is 2. The molecule has 4 heteroatoms. The molecule has 1 N–H and O–H groups in total. The minimum absolute atomic E-state index is 0.268. The van der Waals surface area contributed by atoms with Gasteiger partial charge in [0.05, 0.1) is 6.10 Å². The molecule has 0 aromatic heterocycles. The lowest BCUT2D eigenvalue weighted by atomic mass is 10.1. The van der Waals surface area contributed by atoms with Gasteiger partial charge in [-0.2, -0.15) is 0 Å². The van der Waals surface area contributed by atoms with Gasteiger partial charge in [0.2, 0.25) is 0 Å². The zero-order valence-electron chi connectivity index (χ0n) is 11.3. The van der Waals surface area contributed by atoms with Crippen molar-refractivity contribution in [3.63, 3.8) is 0 Å². The lowest BCUT2D eigenvalue weighted by Crippen LogP contribution is -2.27. The molecule has 1 aromatic rings. The summed E-state index contributed by atoms with van der Waals surface area (Å²) in [5.74, 6) is 0. The van der Waals surface area contributed by atoms with Crippen LogP contribution in [0.25, 0.3) is 0 Å². The van der Waals surface area contributed by atoms with Gasteiger partial charge in [0.15, 0.2) is 0 Å². The third-order valence-electron chi connectivity index (χ3n) is 3.62. The summed E-state index contributed by atoms with van der Waals surface area (Å²) in [6.07, 6.45) is 5.25. The van der Waals surface area contributed by atoms with E-state index < -0.39 is 0 Å². The van der Waals surface area contributed by atoms with Gasteiger partial charge >= 0.3 is 0 Å². The zero-order valence-corrected chi connectivity index (χ0v) is 13.6. The van der Waals surface area contributed by atoms with E-state index in [4.69, 9.17) is 16.3 Å². The van der Waals surface area contributed by atoms with Gasteiger partial charge in [-0.15, -0.1) is 0 Å². The van der Waals surface area contributed by atoms with Crippen LogP contribution in [-0.2, 0) is 4.74 Å². The summed E-state index contributed by atoms with van der Waals surface area (Å²) in [5, 5.41) is 4.34. The van der Waals surface area contributed by atoms with Gasteiger partial charge in [0.25, 0.3) is 0 Å². The second kappa shape index (κ2) is 7.63. The van der Waals surface area contributed by atoms with Gasteiger partial charge in [0.1, 0.15) is 0 Å². The minimum Gasteiger partial charge on any atom is -0.378 e. The van der Waals surface area contributed by atoms with Crippen molar-refractivity contribution in [1.82, 2.24) is 5.32 Å². The molecule has 2 rings (SSSR count). The number of nitrogens with one attached hydrogen (secondary N) is 1. The molecule has 19 heavy (non-hydrogen) atoms. The predicted octanol–water partition coefficient (Wildman–Crippen LogP) is 4.71. The summed E-state index contributed by atoms with van der Waals surface area (Å²) >= 11 is 9.69. The van der Waals surface area contributed by atoms with E-state index in [9.17, 15) is 0 Å². The second-order valence-electron chi connectivity index (χ2n) is 5.12. The lowest BCUT2D eigenvalue weighted by molar-refractivity contribution is 0.0112. The van der Waals surface area contributed by atoms with Crippen LogP contribution in [0.4, 0.5) is 0 Å². The quantitative estimate of drug-likeness (QED) is 0.833. The van der Waals surface area contributed by atoms with E-state index in [1.54, 1.807) is 0 Å². The Hall–Kier alpha value is -0.0900. The number of rotatable bonds is 5. The van der Waals surface area contributed by atoms with E-state index in [1.807, 2.05) is 12.1 Å². The Kier molecular flexibility index (Phi) is 6.14. The Balaban J connectivity index is 1.78. The highest BCUT2D eigenvalue weighted by Crippen LogP contribution is 2.26. The van der Waals surface area contributed by atoms with Crippen LogP contribution >= 0.6 is 27.5 Å². The molecule has 2 nitrogen and oxygen atoms in total. The van der Waals surface area contributed by atoms with Gasteiger partial charge in [-0.25, -0.2) is 0 Å². The fraction of sp³-hybridized carbons (Fsp3) is 0.600. The minimum atomic E-state index is 0.268. The SMILES string of the molecule is CC(NCCC1CCCCO1)c1ccc(Br)cc1Cl. The highest BCUT2D eigenvalue weighted by atomic mass is 79.9. The zero-order chi connectivity index (χ0) is 13.7. The van der Waals surface area contributed by atoms with Crippen LogP contribution in [0.2, 0.25) is 5.02 Å². The monoisotopic (exact) mass is 345 g/mol. The second-order valence-corrected chi connectivity index (χ2v) is 6.44. The molecule has 0 radical (unpaired) electrons. The molecular formula is C15H21BrClNO. The maximum absolute atomic E-state index is 6.26. The van der Waals surface area contributed by atoms with Gasteiger partial charge in [-0.05, 0) is 56.8 Å². The third-order valence-corrected chi connectivity index (χ3v) is 4.44. The highest BCUT2D eigenvalue weighted by molar-refractivity contribution is 9.10. The van der Waals surface area contributed by atoms with Crippen LogP contribution in [0, 0.1) is 0 Å². The van der Waals surface area contributed by atoms with Crippen molar-refractivity contribution in [2.24, 2.45) is 0 Å². The molecule has 0 bridgehead atoms. The molecule has 1 fully saturated rings. The van der Waals surface area contributed by atoms with Crippen molar-refractivity contribution in [3.05, 3.63) is 33.3 Å². The maximum atomic E-state index is 6.26. The van der Waals surface area contributed by atoms with Crippen molar-refractivity contribution in [1.29, 1.82) is 0 Å². The molecule has 0 aliphatic carbocycles. The van der Waals surface area contributed by atoms with Gasteiger partial charge < -0.3 is 10.1 Å². The van der Waals surface area contributed by atoms with E-state index in [0.29, 0.717) is 6.10 Å². The van der Waals surface area contributed by atoms with E-state index in [1.165, 1.54) is 19.3 Å². The fourth-order valence-electron chi connectivity index (χ4n) is 2.46. The topological polar surface area (TPSA) is 21.3 Å². The summed E-state index contributed by atoms with van der Waals surface area (Å²) in [5.41, 5.74) is 1.15. The lowest BCUT2D eigenvalue weighted by Gasteiger charge is -2.23. The maximum Gasteiger partial charge on any atom is 0.0587 e. The number of ether oxygens (including phenoxy) is 1. The van der Waals surface area contributed by atoms with Gasteiger partial charge in [-0.3, -0.25) is 0 Å². The van der Waals surface area contributed by atoms with Crippen LogP contribution in [0.15, 0.2) is 22.7 Å². The molecule has 0 saturated carbocycles. The summed E-state index contributed by atoms with van der Waals surface area (Å²) < 4.78 is 6.75. The predicted molar refractivity (Wildman–Crippen MR) is 83.8 cm³/mol. The fourth-order valence-corrected chi connectivity index (χ4v) is 3.30. The van der Waals surface area contributed by atoms with Crippen LogP contribution in [-0.4, -0.2) is 19.3 Å². The first-order chi connectivity index (χ1) is 9.16. The molecule has 0 amide bonds. The van der Waals surface area contributed by atoms with Crippen molar-refractivity contribution in [2.75, 3.05) is 13.2 Å². The molecule has 2 atom stereocenters. The molecule has 2 unspecified atom stereocenters. The van der Waals surface area contributed by atoms with Crippen LogP contribution in [0.5, 0.6) is 0 Å². The van der Waals surface area contributed by atoms with Crippen LogP contribution < -0.4 is 5.32 Å². The number of benzene rings is 1. The largest absolute Gasteiger partial charge is 0.378 e. The molecule has 1 aliphatic heterocycles. The number of halogens is 2. The Labute approximate surface area is 129 Å². The van der Waals surface area contributed by atoms with Crippen molar-refractivity contribution in [2.45, 2.75) is 44.8 Å². The van der Waals surface area contributed by atoms with Crippen LogP contribution in [0.1, 0.15) is 44.2 Å². The van der Waals surface area contributed by atoms with Gasteiger partial charge in [0, 0.05) is 22.1 Å². The Morgan fingerprint density at radius 1 is 1.47 bits per heavy atom. The van der Waals surface area contributed by atoms with E-state index in [0.717, 1.165) is 34.6 Å². The summed E-state index contributed by atoms with van der Waals surface area (Å²) in [7, 11) is 0. The van der Waals surface area contributed by atoms with E-state index in [-0.39, 0.29) is 6.04 Å². The van der Waals surface area contributed by atoms with Crippen molar-refractivity contribution in [3.8, 4) is 0 Å². The molecule has 1 aromatic carbocycles. The number of hydrogen-bond donors (Lipinski definition) is 1. The average molecular weight is 347 g/mol. The molecular weight excluding hydrogens is 326 g/mol. The molecule has 1 heterocycles. The van der Waals surface area contributed by atoms with E-state index in [2.05, 4.69) is 34.2 Å². The Bertz CT molecular complexity index is 407. The first-order valence-electron chi connectivity index (χ1n) is 6.97. The smallest absolute Gasteiger partial charge is 0.0587 e. The van der Waals surface area contributed by atoms with Gasteiger partial charge in [-0.1, -0.05) is 33.6 Å². The Morgan fingerprint density at radius 3 is 3.00 bits per heavy atom. The highest BCUT2D eigenvalue weighted by Gasteiger charge is 2.14. The molecule has 1 saturated heterocycles. The van der Waals surface area contributed by atoms with Crippen molar-refractivity contribution < 1.29 is 4.74 Å². The standard InChI is InChI=1S/C15H21BrClNO/c1-11(14-6-5-12(16)10-15(14)17)18-8-7-13-4-2-3-9-19-13/h5-6,10-11,13,18H,2-4,7-9H2,1H3. The summed E-state index contributed by atoms with van der Waals surface area (Å²) in [4.78, 5) is 0. The average Bonchev–Trinajstić information content (AvgIpc) is 2.39. The molecule has 106 valence electrons. The summed E-state index contributed by atoms with van der Waals surface area (Å²) in [6, 6.07) is 6.31. The normalized spacial score (nSPS) is 21.3. The Morgan fingerprint density at radius 2 is 2.32 bits per heavy atom.